The predicted molar refractivity (Wildman–Crippen MR) is 121 cm³/mol. The Labute approximate surface area is 181 Å². The molecular weight excluding hydrogens is 390 g/mol. The highest BCUT2D eigenvalue weighted by Gasteiger charge is 2.22. The van der Waals surface area contributed by atoms with Gasteiger partial charge in [-0.25, -0.2) is 4.79 Å². The molecule has 1 aliphatic rings. The van der Waals surface area contributed by atoms with E-state index in [1.54, 1.807) is 29.2 Å². The molecule has 3 aromatic rings. The third kappa shape index (κ3) is 4.69. The van der Waals surface area contributed by atoms with E-state index in [0.29, 0.717) is 25.3 Å². The minimum absolute atomic E-state index is 0.114. The van der Waals surface area contributed by atoms with Crippen LogP contribution in [0.15, 0.2) is 78.9 Å². The molecule has 1 unspecified atom stereocenters. The molecule has 0 aromatic heterocycles. The Hall–Kier alpha value is -3.80. The van der Waals surface area contributed by atoms with Gasteiger partial charge < -0.3 is 15.4 Å². The van der Waals surface area contributed by atoms with Gasteiger partial charge in [-0.05, 0) is 54.4 Å². The second-order valence-corrected chi connectivity index (χ2v) is 7.25. The summed E-state index contributed by atoms with van der Waals surface area (Å²) in [6.07, 6.45) is 0. The number of benzene rings is 3. The number of amides is 3. The van der Waals surface area contributed by atoms with Crippen LogP contribution in [0.4, 0.5) is 10.5 Å². The third-order valence-corrected chi connectivity index (χ3v) is 5.23. The molecule has 1 heterocycles. The lowest BCUT2D eigenvalue weighted by Crippen LogP contribution is -2.30. The summed E-state index contributed by atoms with van der Waals surface area (Å²) in [5.41, 5.74) is 3.27. The first-order chi connectivity index (χ1) is 15.2. The molecule has 0 aliphatic carbocycles. The van der Waals surface area contributed by atoms with Gasteiger partial charge in [0.2, 0.25) is 0 Å². The lowest BCUT2D eigenvalue weighted by atomic mass is 9.98. The summed E-state index contributed by atoms with van der Waals surface area (Å²) >= 11 is 0. The highest BCUT2D eigenvalue weighted by atomic mass is 16.5. The first kappa shape index (κ1) is 20.5. The Kier molecular flexibility index (Phi) is 6.17. The Morgan fingerprint density at radius 1 is 1.00 bits per heavy atom. The summed E-state index contributed by atoms with van der Waals surface area (Å²) < 4.78 is 5.54. The Balaban J connectivity index is 1.55. The van der Waals surface area contributed by atoms with Crippen molar-refractivity contribution in [3.05, 3.63) is 95.6 Å². The molecule has 3 aromatic carbocycles. The number of carbonyl (C=O) groups is 2. The van der Waals surface area contributed by atoms with E-state index in [-0.39, 0.29) is 18.0 Å². The first-order valence-corrected chi connectivity index (χ1v) is 10.4. The van der Waals surface area contributed by atoms with Gasteiger partial charge in [0.1, 0.15) is 5.75 Å². The van der Waals surface area contributed by atoms with Gasteiger partial charge >= 0.3 is 6.03 Å². The molecule has 3 amide bonds. The lowest BCUT2D eigenvalue weighted by molar-refractivity contribution is 0.0943. The highest BCUT2D eigenvalue weighted by Crippen LogP contribution is 2.25. The van der Waals surface area contributed by atoms with E-state index in [4.69, 9.17) is 4.74 Å². The summed E-state index contributed by atoms with van der Waals surface area (Å²) in [6.45, 7) is 3.80. The lowest BCUT2D eigenvalue weighted by Gasteiger charge is -2.21. The number of carbonyl (C=O) groups excluding carboxylic acids is 2. The smallest absolute Gasteiger partial charge is 0.321 e. The second-order valence-electron chi connectivity index (χ2n) is 7.25. The van der Waals surface area contributed by atoms with Gasteiger partial charge in [0.15, 0.2) is 0 Å². The van der Waals surface area contributed by atoms with Crippen LogP contribution in [-0.2, 0) is 0 Å². The molecular formula is C25H25N3O3. The molecule has 31 heavy (non-hydrogen) atoms. The monoisotopic (exact) mass is 415 g/mol. The Morgan fingerprint density at radius 2 is 1.68 bits per heavy atom. The fraction of sp³-hybridized carbons (Fsp3) is 0.200. The van der Waals surface area contributed by atoms with Crippen molar-refractivity contribution < 1.29 is 14.3 Å². The number of hydrogen-bond acceptors (Lipinski definition) is 3. The van der Waals surface area contributed by atoms with Crippen molar-refractivity contribution in [2.24, 2.45) is 0 Å². The van der Waals surface area contributed by atoms with Gasteiger partial charge in [-0.2, -0.15) is 0 Å². The van der Waals surface area contributed by atoms with Crippen molar-refractivity contribution in [1.29, 1.82) is 0 Å². The van der Waals surface area contributed by atoms with Crippen LogP contribution in [0.2, 0.25) is 0 Å². The van der Waals surface area contributed by atoms with E-state index >= 15 is 0 Å². The maximum Gasteiger partial charge on any atom is 0.321 e. The molecule has 4 rings (SSSR count). The zero-order valence-corrected chi connectivity index (χ0v) is 17.4. The maximum atomic E-state index is 13.0. The fourth-order valence-corrected chi connectivity index (χ4v) is 3.65. The van der Waals surface area contributed by atoms with Gasteiger partial charge in [0.05, 0.1) is 12.6 Å². The van der Waals surface area contributed by atoms with Crippen molar-refractivity contribution in [1.82, 2.24) is 10.6 Å². The number of hydrogen-bond donors (Lipinski definition) is 2. The van der Waals surface area contributed by atoms with Crippen LogP contribution in [0.3, 0.4) is 0 Å². The van der Waals surface area contributed by atoms with E-state index in [0.717, 1.165) is 22.6 Å². The quantitative estimate of drug-likeness (QED) is 0.609. The van der Waals surface area contributed by atoms with Crippen molar-refractivity contribution in [3.63, 3.8) is 0 Å². The average molecular weight is 415 g/mol. The second kappa shape index (κ2) is 9.34. The molecule has 1 fully saturated rings. The molecule has 1 saturated heterocycles. The number of urea groups is 1. The summed E-state index contributed by atoms with van der Waals surface area (Å²) in [6, 6.07) is 24.3. The van der Waals surface area contributed by atoms with E-state index in [9.17, 15) is 9.59 Å². The number of ether oxygens (including phenoxy) is 1. The predicted octanol–water partition coefficient (Wildman–Crippen LogP) is 4.13. The topological polar surface area (TPSA) is 70.7 Å². The SMILES string of the molecule is CCOc1ccc(C(NC(=O)c2ccc(N3CCNC3=O)cc2)c2ccccc2)cc1. The van der Waals surface area contributed by atoms with E-state index < -0.39 is 0 Å². The molecule has 6 nitrogen and oxygen atoms in total. The van der Waals surface area contributed by atoms with Gasteiger partial charge in [0, 0.05) is 24.3 Å². The molecule has 0 bridgehead atoms. The zero-order valence-electron chi connectivity index (χ0n) is 17.4. The number of anilines is 1. The average Bonchev–Trinajstić information content (AvgIpc) is 3.25. The number of nitrogens with zero attached hydrogens (tertiary/aromatic N) is 1. The van der Waals surface area contributed by atoms with E-state index in [1.165, 1.54) is 0 Å². The largest absolute Gasteiger partial charge is 0.494 e. The number of rotatable bonds is 7. The molecule has 0 radical (unpaired) electrons. The van der Waals surface area contributed by atoms with Crippen LogP contribution in [0.1, 0.15) is 34.5 Å². The van der Waals surface area contributed by atoms with Crippen LogP contribution in [-0.4, -0.2) is 31.6 Å². The van der Waals surface area contributed by atoms with Gasteiger partial charge in [-0.15, -0.1) is 0 Å². The van der Waals surface area contributed by atoms with Gasteiger partial charge in [-0.1, -0.05) is 42.5 Å². The van der Waals surface area contributed by atoms with Crippen molar-refractivity contribution >= 4 is 17.6 Å². The normalized spacial score (nSPS) is 14.1. The van der Waals surface area contributed by atoms with Crippen LogP contribution in [0.5, 0.6) is 5.75 Å². The molecule has 2 N–H and O–H groups in total. The summed E-state index contributed by atoms with van der Waals surface area (Å²) in [4.78, 5) is 26.5. The minimum atomic E-state index is -0.298. The van der Waals surface area contributed by atoms with Gasteiger partial charge in [-0.3, -0.25) is 9.69 Å². The van der Waals surface area contributed by atoms with Crippen LogP contribution in [0.25, 0.3) is 0 Å². The molecule has 6 heteroatoms. The molecule has 0 spiro atoms. The molecule has 1 aliphatic heterocycles. The molecule has 158 valence electrons. The third-order valence-electron chi connectivity index (χ3n) is 5.23. The van der Waals surface area contributed by atoms with Crippen LogP contribution in [0, 0.1) is 0 Å². The molecule has 1 atom stereocenters. The van der Waals surface area contributed by atoms with Crippen LogP contribution < -0.4 is 20.3 Å². The Bertz CT molecular complexity index is 1030. The van der Waals surface area contributed by atoms with Crippen molar-refractivity contribution in [2.45, 2.75) is 13.0 Å². The van der Waals surface area contributed by atoms with E-state index in [1.807, 2.05) is 61.5 Å². The summed E-state index contributed by atoms with van der Waals surface area (Å²) in [5.74, 6) is 0.617. The maximum absolute atomic E-state index is 13.0. The minimum Gasteiger partial charge on any atom is -0.494 e. The number of nitrogens with one attached hydrogen (secondary N) is 2. The standard InChI is InChI=1S/C25H25N3O3/c1-2-31-22-14-10-19(11-15-22)23(18-6-4-3-5-7-18)27-24(29)20-8-12-21(13-9-20)28-17-16-26-25(28)30/h3-15,23H,2,16-17H2,1H3,(H,26,30)(H,27,29). The summed E-state index contributed by atoms with van der Waals surface area (Å²) in [5, 5.41) is 5.92. The van der Waals surface area contributed by atoms with Crippen molar-refractivity contribution in [2.75, 3.05) is 24.6 Å². The van der Waals surface area contributed by atoms with Crippen molar-refractivity contribution in [3.8, 4) is 5.75 Å². The summed E-state index contributed by atoms with van der Waals surface area (Å²) in [7, 11) is 0. The highest BCUT2D eigenvalue weighted by molar-refractivity contribution is 5.97. The van der Waals surface area contributed by atoms with Gasteiger partial charge in [0.25, 0.3) is 5.91 Å². The van der Waals surface area contributed by atoms with E-state index in [2.05, 4.69) is 10.6 Å². The zero-order chi connectivity index (χ0) is 21.6. The molecule has 0 saturated carbocycles. The fourth-order valence-electron chi connectivity index (χ4n) is 3.65. The first-order valence-electron chi connectivity index (χ1n) is 10.4. The Morgan fingerprint density at radius 3 is 2.29 bits per heavy atom. The van der Waals surface area contributed by atoms with Crippen LogP contribution >= 0.6 is 0 Å².